The molecule has 4 heterocycles. The summed E-state index contributed by atoms with van der Waals surface area (Å²) >= 11 is 0. The maximum Gasteiger partial charge on any atom is 0.144 e. The predicted octanol–water partition coefficient (Wildman–Crippen LogP) is 3.06. The number of benzene rings is 1. The molecule has 0 saturated carbocycles. The lowest BCUT2D eigenvalue weighted by molar-refractivity contribution is 0.0412. The number of hydrogen-bond acceptors (Lipinski definition) is 6. The van der Waals surface area contributed by atoms with E-state index >= 15 is 0 Å². The van der Waals surface area contributed by atoms with Crippen molar-refractivity contribution >= 4 is 11.0 Å². The highest BCUT2D eigenvalue weighted by molar-refractivity contribution is 5.78. The maximum absolute atomic E-state index is 8.90. The third-order valence-electron chi connectivity index (χ3n) is 4.99. The van der Waals surface area contributed by atoms with Gasteiger partial charge >= 0.3 is 0 Å². The molecule has 29 heavy (non-hydrogen) atoms. The van der Waals surface area contributed by atoms with Gasteiger partial charge in [-0.3, -0.25) is 9.13 Å². The Morgan fingerprint density at radius 1 is 1.17 bits per heavy atom. The molecule has 8 heteroatoms. The average molecular weight is 386 g/mol. The van der Waals surface area contributed by atoms with Gasteiger partial charge in [0.05, 0.1) is 23.9 Å². The number of nitriles is 1. The Kier molecular flexibility index (Phi) is 4.42. The van der Waals surface area contributed by atoms with Gasteiger partial charge in [-0.1, -0.05) is 0 Å². The highest BCUT2D eigenvalue weighted by Crippen LogP contribution is 2.23. The van der Waals surface area contributed by atoms with Crippen molar-refractivity contribution in [3.05, 3.63) is 61.6 Å². The Hall–Kier alpha value is -3.70. The van der Waals surface area contributed by atoms with E-state index in [0.717, 1.165) is 41.1 Å². The van der Waals surface area contributed by atoms with Crippen LogP contribution in [0.1, 0.15) is 12.8 Å². The Balaban J connectivity index is 1.34. The van der Waals surface area contributed by atoms with Gasteiger partial charge in [-0.25, -0.2) is 15.0 Å². The van der Waals surface area contributed by atoms with E-state index in [-0.39, 0.29) is 12.2 Å². The van der Waals surface area contributed by atoms with Gasteiger partial charge in [-0.2, -0.15) is 5.26 Å². The van der Waals surface area contributed by atoms with Crippen LogP contribution in [0.25, 0.3) is 22.5 Å². The summed E-state index contributed by atoms with van der Waals surface area (Å²) in [5.41, 5.74) is 2.75. The molecule has 2 atom stereocenters. The summed E-state index contributed by atoms with van der Waals surface area (Å²) in [7, 11) is 0. The first-order valence-electron chi connectivity index (χ1n) is 9.40. The molecular weight excluding hydrogens is 368 g/mol. The van der Waals surface area contributed by atoms with Crippen molar-refractivity contribution in [2.45, 2.75) is 25.0 Å². The third kappa shape index (κ3) is 3.44. The topological polar surface area (TPSA) is 90.8 Å². The number of nitrogens with zero attached hydrogens (tertiary/aromatic N) is 6. The van der Waals surface area contributed by atoms with E-state index in [9.17, 15) is 0 Å². The van der Waals surface area contributed by atoms with Crippen LogP contribution >= 0.6 is 0 Å². The summed E-state index contributed by atoms with van der Waals surface area (Å²) in [5, 5.41) is 8.90. The molecule has 1 aromatic carbocycles. The number of pyridine rings is 1. The minimum absolute atomic E-state index is 0.0222. The largest absolute Gasteiger partial charge is 0.491 e. The lowest BCUT2D eigenvalue weighted by Crippen LogP contribution is -2.18. The SMILES string of the molecule is N#CC1CCC(COc2ccc(-n3cnc4cnc(-n5ccnc5)cc43)cc2)O1. The van der Waals surface area contributed by atoms with Crippen molar-refractivity contribution in [1.29, 1.82) is 5.26 Å². The summed E-state index contributed by atoms with van der Waals surface area (Å²) in [5.74, 6) is 1.55. The first kappa shape index (κ1) is 17.4. The number of aromatic nitrogens is 5. The summed E-state index contributed by atoms with van der Waals surface area (Å²) < 4.78 is 15.3. The smallest absolute Gasteiger partial charge is 0.144 e. The van der Waals surface area contributed by atoms with Gasteiger partial charge in [-0.05, 0) is 37.1 Å². The zero-order valence-corrected chi connectivity index (χ0v) is 15.5. The van der Waals surface area contributed by atoms with E-state index in [0.29, 0.717) is 6.61 Å². The van der Waals surface area contributed by atoms with Crippen molar-refractivity contribution in [2.24, 2.45) is 0 Å². The highest BCUT2D eigenvalue weighted by atomic mass is 16.5. The van der Waals surface area contributed by atoms with E-state index in [2.05, 4.69) is 21.0 Å². The molecule has 0 spiro atoms. The van der Waals surface area contributed by atoms with Crippen LogP contribution in [0.15, 0.2) is 61.6 Å². The molecule has 2 unspecified atom stereocenters. The van der Waals surface area contributed by atoms with Gasteiger partial charge in [0.25, 0.3) is 0 Å². The van der Waals surface area contributed by atoms with Crippen LogP contribution in [0.5, 0.6) is 5.75 Å². The van der Waals surface area contributed by atoms with Crippen molar-refractivity contribution in [1.82, 2.24) is 24.1 Å². The standard InChI is InChI=1S/C21H18N6O2/c22-10-17-5-6-18(29-17)12-28-16-3-1-15(2-4-16)27-14-25-19-11-24-21(9-20(19)27)26-8-7-23-13-26/h1-4,7-9,11,13-14,17-18H,5-6,12H2. The van der Waals surface area contributed by atoms with Gasteiger partial charge in [0, 0.05) is 24.1 Å². The molecule has 3 aromatic heterocycles. The fourth-order valence-corrected chi connectivity index (χ4v) is 3.46. The highest BCUT2D eigenvalue weighted by Gasteiger charge is 2.25. The number of ether oxygens (including phenoxy) is 2. The summed E-state index contributed by atoms with van der Waals surface area (Å²) in [4.78, 5) is 13.0. The molecule has 0 bridgehead atoms. The van der Waals surface area contributed by atoms with Gasteiger partial charge in [0.15, 0.2) is 0 Å². The Labute approximate surface area is 167 Å². The van der Waals surface area contributed by atoms with Crippen LogP contribution in [-0.4, -0.2) is 42.9 Å². The second-order valence-electron chi connectivity index (χ2n) is 6.87. The minimum Gasteiger partial charge on any atom is -0.491 e. The molecule has 8 nitrogen and oxygen atoms in total. The van der Waals surface area contributed by atoms with Gasteiger partial charge < -0.3 is 9.47 Å². The monoisotopic (exact) mass is 386 g/mol. The maximum atomic E-state index is 8.90. The van der Waals surface area contributed by atoms with E-state index < -0.39 is 0 Å². The number of fused-ring (bicyclic) bond motifs is 1. The van der Waals surface area contributed by atoms with Gasteiger partial charge in [0.1, 0.15) is 42.4 Å². The van der Waals surface area contributed by atoms with E-state index in [1.54, 1.807) is 25.0 Å². The quantitative estimate of drug-likeness (QED) is 0.524. The van der Waals surface area contributed by atoms with E-state index in [4.69, 9.17) is 14.7 Å². The Bertz CT molecular complexity index is 1160. The van der Waals surface area contributed by atoms with Crippen molar-refractivity contribution in [2.75, 3.05) is 6.61 Å². The molecule has 1 aliphatic rings. The molecule has 5 rings (SSSR count). The van der Waals surface area contributed by atoms with Crippen LogP contribution in [0.2, 0.25) is 0 Å². The Morgan fingerprint density at radius 3 is 2.83 bits per heavy atom. The lowest BCUT2D eigenvalue weighted by atomic mass is 10.2. The zero-order chi connectivity index (χ0) is 19.6. The van der Waals surface area contributed by atoms with Crippen LogP contribution in [0.3, 0.4) is 0 Å². The van der Waals surface area contributed by atoms with Crippen molar-refractivity contribution < 1.29 is 9.47 Å². The fourth-order valence-electron chi connectivity index (χ4n) is 3.46. The van der Waals surface area contributed by atoms with E-state index in [1.807, 2.05) is 45.7 Å². The minimum atomic E-state index is -0.304. The number of rotatable bonds is 5. The summed E-state index contributed by atoms with van der Waals surface area (Å²) in [6.07, 6.45) is 10.1. The molecule has 144 valence electrons. The van der Waals surface area contributed by atoms with Crippen LogP contribution in [-0.2, 0) is 4.74 Å². The molecule has 0 N–H and O–H groups in total. The van der Waals surface area contributed by atoms with Gasteiger partial charge in [0.2, 0.25) is 0 Å². The average Bonchev–Trinajstić information content (AvgIpc) is 3.53. The summed E-state index contributed by atoms with van der Waals surface area (Å²) in [6, 6.07) is 12.0. The molecule has 4 aromatic rings. The lowest BCUT2D eigenvalue weighted by Gasteiger charge is -2.12. The first-order valence-corrected chi connectivity index (χ1v) is 9.40. The first-order chi connectivity index (χ1) is 14.3. The Morgan fingerprint density at radius 2 is 2.07 bits per heavy atom. The van der Waals surface area contributed by atoms with Crippen LogP contribution in [0.4, 0.5) is 0 Å². The molecule has 0 aliphatic carbocycles. The predicted molar refractivity (Wildman–Crippen MR) is 105 cm³/mol. The fraction of sp³-hybridized carbons (Fsp3) is 0.238. The molecule has 0 amide bonds. The number of hydrogen-bond donors (Lipinski definition) is 0. The molecule has 1 aliphatic heterocycles. The summed E-state index contributed by atoms with van der Waals surface area (Å²) in [6.45, 7) is 0.450. The van der Waals surface area contributed by atoms with E-state index in [1.165, 1.54) is 0 Å². The third-order valence-corrected chi connectivity index (χ3v) is 4.99. The van der Waals surface area contributed by atoms with Crippen molar-refractivity contribution in [3.8, 4) is 23.3 Å². The molecule has 1 saturated heterocycles. The van der Waals surface area contributed by atoms with Crippen LogP contribution < -0.4 is 4.74 Å². The molecule has 1 fully saturated rings. The second-order valence-corrected chi connectivity index (χ2v) is 6.87. The normalized spacial score (nSPS) is 18.7. The van der Waals surface area contributed by atoms with Gasteiger partial charge in [-0.15, -0.1) is 0 Å². The number of imidazole rings is 2. The van der Waals surface area contributed by atoms with Crippen LogP contribution in [0, 0.1) is 11.3 Å². The zero-order valence-electron chi connectivity index (χ0n) is 15.5. The molecular formula is C21H18N6O2. The second kappa shape index (κ2) is 7.37. The molecule has 0 radical (unpaired) electrons. The van der Waals surface area contributed by atoms with Crippen molar-refractivity contribution in [3.63, 3.8) is 0 Å².